The number of amides is 2. The van der Waals surface area contributed by atoms with Gasteiger partial charge in [-0.05, 0) is 74.3 Å². The van der Waals surface area contributed by atoms with Crippen molar-refractivity contribution < 1.29 is 9.59 Å². The third-order valence-corrected chi connectivity index (χ3v) is 7.61. The van der Waals surface area contributed by atoms with Crippen LogP contribution in [0.25, 0.3) is 0 Å². The second-order valence-electron chi connectivity index (χ2n) is 10.4. The van der Waals surface area contributed by atoms with Crippen LogP contribution in [0.2, 0.25) is 0 Å². The predicted octanol–water partition coefficient (Wildman–Crippen LogP) is 3.96. The third kappa shape index (κ3) is 4.81. The summed E-state index contributed by atoms with van der Waals surface area (Å²) in [7, 11) is 0. The van der Waals surface area contributed by atoms with Crippen molar-refractivity contribution in [2.45, 2.75) is 64.8 Å². The molecule has 164 valence electrons. The van der Waals surface area contributed by atoms with Crippen molar-refractivity contribution in [2.24, 2.45) is 29.1 Å². The maximum Gasteiger partial charge on any atom is 0.226 e. The Morgan fingerprint density at radius 1 is 0.967 bits per heavy atom. The van der Waals surface area contributed by atoms with E-state index in [1.165, 1.54) is 19.3 Å². The van der Waals surface area contributed by atoms with Gasteiger partial charge in [0.2, 0.25) is 11.8 Å². The molecule has 2 amide bonds. The molecule has 5 nitrogen and oxygen atoms in total. The molecule has 1 unspecified atom stereocenters. The number of rotatable bonds is 9. The summed E-state index contributed by atoms with van der Waals surface area (Å²) in [6, 6.07) is 10.2. The standard InChI is InChI=1S/C25H37N3O2/c1-17(2)22(28-21-6-4-3-5-7-21)16-27-23(29)8-9-26-24(30)25-13-18-10-19(14-25)12-20(11-18)15-25/h3-7,17-20,22,28H,8-16H2,1-2H3,(H,26,30)(H,27,29). The minimum absolute atomic E-state index is 0.00123. The van der Waals surface area contributed by atoms with Gasteiger partial charge in [0.15, 0.2) is 0 Å². The molecule has 4 bridgehead atoms. The molecule has 1 aromatic carbocycles. The molecule has 0 saturated heterocycles. The molecular formula is C25H37N3O2. The molecular weight excluding hydrogens is 374 g/mol. The van der Waals surface area contributed by atoms with E-state index in [0.29, 0.717) is 25.4 Å². The summed E-state index contributed by atoms with van der Waals surface area (Å²) in [6.07, 6.45) is 7.55. The van der Waals surface area contributed by atoms with Crippen LogP contribution in [0.1, 0.15) is 58.8 Å². The Hall–Kier alpha value is -2.04. The van der Waals surface area contributed by atoms with Crippen molar-refractivity contribution in [2.75, 3.05) is 18.4 Å². The van der Waals surface area contributed by atoms with Crippen molar-refractivity contribution in [3.8, 4) is 0 Å². The SMILES string of the molecule is CC(C)C(CNC(=O)CCNC(=O)C12CC3CC(CC(C3)C1)C2)Nc1ccccc1. The summed E-state index contributed by atoms with van der Waals surface area (Å²) in [5.41, 5.74) is 0.932. The monoisotopic (exact) mass is 411 g/mol. The molecule has 4 aliphatic carbocycles. The van der Waals surface area contributed by atoms with Gasteiger partial charge in [-0.25, -0.2) is 0 Å². The molecule has 4 fully saturated rings. The van der Waals surface area contributed by atoms with E-state index in [9.17, 15) is 9.59 Å². The van der Waals surface area contributed by atoms with Crippen molar-refractivity contribution >= 4 is 17.5 Å². The van der Waals surface area contributed by atoms with Gasteiger partial charge in [0.05, 0.1) is 0 Å². The van der Waals surface area contributed by atoms with Crippen LogP contribution in [0.3, 0.4) is 0 Å². The molecule has 5 rings (SSSR count). The first-order valence-electron chi connectivity index (χ1n) is 11.8. The topological polar surface area (TPSA) is 70.2 Å². The molecule has 0 radical (unpaired) electrons. The number of carbonyl (C=O) groups excluding carboxylic acids is 2. The fraction of sp³-hybridized carbons (Fsp3) is 0.680. The molecule has 4 aliphatic rings. The summed E-state index contributed by atoms with van der Waals surface area (Å²) in [5.74, 6) is 2.88. The van der Waals surface area contributed by atoms with E-state index < -0.39 is 0 Å². The van der Waals surface area contributed by atoms with Gasteiger partial charge in [-0.1, -0.05) is 32.0 Å². The predicted molar refractivity (Wildman–Crippen MR) is 120 cm³/mol. The molecule has 1 aromatic rings. The van der Waals surface area contributed by atoms with Gasteiger partial charge in [0.1, 0.15) is 0 Å². The first-order valence-corrected chi connectivity index (χ1v) is 11.8. The van der Waals surface area contributed by atoms with Crippen LogP contribution in [0.4, 0.5) is 5.69 Å². The van der Waals surface area contributed by atoms with Gasteiger partial charge in [0, 0.05) is 36.7 Å². The number of carbonyl (C=O) groups is 2. The highest BCUT2D eigenvalue weighted by Gasteiger charge is 2.54. The van der Waals surface area contributed by atoms with E-state index in [0.717, 1.165) is 42.7 Å². The van der Waals surface area contributed by atoms with E-state index >= 15 is 0 Å². The second-order valence-corrected chi connectivity index (χ2v) is 10.4. The minimum Gasteiger partial charge on any atom is -0.380 e. The van der Waals surface area contributed by atoms with Crippen LogP contribution in [-0.2, 0) is 9.59 Å². The molecule has 5 heteroatoms. The van der Waals surface area contributed by atoms with Crippen LogP contribution >= 0.6 is 0 Å². The average Bonchev–Trinajstić information content (AvgIpc) is 2.70. The fourth-order valence-electron chi connectivity index (χ4n) is 6.38. The van der Waals surface area contributed by atoms with Gasteiger partial charge in [-0.3, -0.25) is 9.59 Å². The lowest BCUT2D eigenvalue weighted by molar-refractivity contribution is -0.146. The first-order chi connectivity index (χ1) is 14.4. The van der Waals surface area contributed by atoms with Crippen LogP contribution in [0.5, 0.6) is 0 Å². The van der Waals surface area contributed by atoms with Gasteiger partial charge in [-0.2, -0.15) is 0 Å². The molecule has 1 atom stereocenters. The minimum atomic E-state index is -0.131. The van der Waals surface area contributed by atoms with Crippen LogP contribution in [-0.4, -0.2) is 30.9 Å². The molecule has 0 aliphatic heterocycles. The maximum atomic E-state index is 13.0. The van der Waals surface area contributed by atoms with Crippen LogP contribution in [0, 0.1) is 29.1 Å². The summed E-state index contributed by atoms with van der Waals surface area (Å²) < 4.78 is 0. The first kappa shape index (κ1) is 21.2. The molecule has 0 heterocycles. The number of nitrogens with one attached hydrogen (secondary N) is 3. The zero-order valence-corrected chi connectivity index (χ0v) is 18.5. The van der Waals surface area contributed by atoms with E-state index in [1.54, 1.807) is 0 Å². The Morgan fingerprint density at radius 3 is 2.13 bits per heavy atom. The normalized spacial score (nSPS) is 30.2. The quantitative estimate of drug-likeness (QED) is 0.576. The van der Waals surface area contributed by atoms with Gasteiger partial charge in [-0.15, -0.1) is 0 Å². The Labute approximate surface area is 180 Å². The number of para-hydroxylation sites is 1. The maximum absolute atomic E-state index is 13.0. The average molecular weight is 412 g/mol. The largest absolute Gasteiger partial charge is 0.380 e. The summed E-state index contributed by atoms with van der Waals surface area (Å²) >= 11 is 0. The van der Waals surface area contributed by atoms with Crippen molar-refractivity contribution in [3.05, 3.63) is 30.3 Å². The Bertz CT molecular complexity index is 711. The van der Waals surface area contributed by atoms with Crippen LogP contribution < -0.4 is 16.0 Å². The van der Waals surface area contributed by atoms with E-state index in [4.69, 9.17) is 0 Å². The highest BCUT2D eigenvalue weighted by atomic mass is 16.2. The third-order valence-electron chi connectivity index (χ3n) is 7.61. The van der Waals surface area contributed by atoms with Crippen molar-refractivity contribution in [3.63, 3.8) is 0 Å². The molecule has 0 aromatic heterocycles. The van der Waals surface area contributed by atoms with Gasteiger partial charge < -0.3 is 16.0 Å². The summed E-state index contributed by atoms with van der Waals surface area (Å²) in [5, 5.41) is 9.64. The smallest absolute Gasteiger partial charge is 0.226 e. The lowest BCUT2D eigenvalue weighted by Gasteiger charge is -2.55. The van der Waals surface area contributed by atoms with Crippen molar-refractivity contribution in [1.29, 1.82) is 0 Å². The Morgan fingerprint density at radius 2 is 1.57 bits per heavy atom. The van der Waals surface area contributed by atoms with Gasteiger partial charge in [0.25, 0.3) is 0 Å². The fourth-order valence-corrected chi connectivity index (χ4v) is 6.38. The number of anilines is 1. The molecule has 3 N–H and O–H groups in total. The second kappa shape index (κ2) is 8.99. The Balaban J connectivity index is 1.20. The zero-order chi connectivity index (χ0) is 21.1. The van der Waals surface area contributed by atoms with E-state index in [1.807, 2.05) is 30.3 Å². The highest BCUT2D eigenvalue weighted by molar-refractivity contribution is 5.84. The highest BCUT2D eigenvalue weighted by Crippen LogP contribution is 2.60. The summed E-state index contributed by atoms with van der Waals surface area (Å²) in [6.45, 7) is 5.32. The van der Waals surface area contributed by atoms with Crippen molar-refractivity contribution in [1.82, 2.24) is 10.6 Å². The summed E-state index contributed by atoms with van der Waals surface area (Å²) in [4.78, 5) is 25.3. The molecule has 4 saturated carbocycles. The zero-order valence-electron chi connectivity index (χ0n) is 18.5. The lowest BCUT2D eigenvalue weighted by Crippen LogP contribution is -2.53. The van der Waals surface area contributed by atoms with Gasteiger partial charge >= 0.3 is 0 Å². The lowest BCUT2D eigenvalue weighted by atomic mass is 9.49. The number of hydrogen-bond acceptors (Lipinski definition) is 3. The number of hydrogen-bond donors (Lipinski definition) is 3. The van der Waals surface area contributed by atoms with E-state index in [-0.39, 0.29) is 23.3 Å². The Kier molecular flexibility index (Phi) is 6.35. The van der Waals surface area contributed by atoms with Crippen LogP contribution in [0.15, 0.2) is 30.3 Å². The number of benzene rings is 1. The van der Waals surface area contributed by atoms with E-state index in [2.05, 4.69) is 29.8 Å². The molecule has 30 heavy (non-hydrogen) atoms. The molecule has 0 spiro atoms.